The van der Waals surface area contributed by atoms with Gasteiger partial charge in [0.2, 0.25) is 11.1 Å². The van der Waals surface area contributed by atoms with E-state index in [0.717, 1.165) is 5.56 Å². The number of para-hydroxylation sites is 1. The summed E-state index contributed by atoms with van der Waals surface area (Å²) >= 11 is 1.31. The van der Waals surface area contributed by atoms with E-state index in [-0.39, 0.29) is 17.6 Å². The number of rotatable bonds is 3. The SMILES string of the molecule is Cc1nnc2n1N[C@@H](c1ccccc1)[C@H](C(=O)Nc1ccccc1F)S2. The summed E-state index contributed by atoms with van der Waals surface area (Å²) < 4.78 is 15.7. The summed E-state index contributed by atoms with van der Waals surface area (Å²) in [6, 6.07) is 15.5. The number of hydrogen-bond acceptors (Lipinski definition) is 5. The molecule has 1 aliphatic heterocycles. The first kappa shape index (κ1) is 16.6. The van der Waals surface area contributed by atoms with Crippen molar-refractivity contribution >= 4 is 23.4 Å². The van der Waals surface area contributed by atoms with E-state index >= 15 is 0 Å². The molecule has 2 atom stereocenters. The summed E-state index contributed by atoms with van der Waals surface area (Å²) in [6.45, 7) is 1.84. The van der Waals surface area contributed by atoms with Crippen molar-refractivity contribution in [3.05, 3.63) is 71.8 Å². The van der Waals surface area contributed by atoms with E-state index in [2.05, 4.69) is 20.9 Å². The first-order valence-electron chi connectivity index (χ1n) is 8.09. The van der Waals surface area contributed by atoms with E-state index in [9.17, 15) is 9.18 Å². The standard InChI is InChI=1S/C18H16FN5OS/c1-11-21-22-18-24(11)23-15(12-7-3-2-4-8-12)16(26-18)17(25)20-14-10-6-5-9-13(14)19/h2-10,15-16,23H,1H3,(H,20,25)/t15-,16+/m0/s1. The Bertz CT molecular complexity index is 946. The predicted molar refractivity (Wildman–Crippen MR) is 98.0 cm³/mol. The first-order chi connectivity index (χ1) is 12.6. The van der Waals surface area contributed by atoms with Crippen LogP contribution in [-0.2, 0) is 4.79 Å². The lowest BCUT2D eigenvalue weighted by Gasteiger charge is -2.32. The summed E-state index contributed by atoms with van der Waals surface area (Å²) in [5.41, 5.74) is 4.42. The molecule has 2 aromatic carbocycles. The fraction of sp³-hybridized carbons (Fsp3) is 0.167. The summed E-state index contributed by atoms with van der Waals surface area (Å²) in [5.74, 6) is -0.0559. The number of anilines is 1. The average Bonchev–Trinajstić information content (AvgIpc) is 3.03. The zero-order valence-corrected chi connectivity index (χ0v) is 14.7. The Morgan fingerprint density at radius 1 is 1.15 bits per heavy atom. The van der Waals surface area contributed by atoms with Gasteiger partial charge in [-0.25, -0.2) is 9.07 Å². The number of fused-ring (bicyclic) bond motifs is 1. The summed E-state index contributed by atoms with van der Waals surface area (Å²) in [4.78, 5) is 12.9. The van der Waals surface area contributed by atoms with Crippen molar-refractivity contribution < 1.29 is 9.18 Å². The zero-order chi connectivity index (χ0) is 18.1. The van der Waals surface area contributed by atoms with Gasteiger partial charge in [-0.1, -0.05) is 54.2 Å². The molecule has 2 N–H and O–H groups in total. The Kier molecular flexibility index (Phi) is 4.34. The second kappa shape index (κ2) is 6.80. The molecule has 26 heavy (non-hydrogen) atoms. The van der Waals surface area contributed by atoms with Gasteiger partial charge in [0.15, 0.2) is 0 Å². The molecule has 0 aliphatic carbocycles. The largest absolute Gasteiger partial charge is 0.323 e. The van der Waals surface area contributed by atoms with E-state index < -0.39 is 11.1 Å². The van der Waals surface area contributed by atoms with Gasteiger partial charge in [0.05, 0.1) is 11.7 Å². The molecular weight excluding hydrogens is 353 g/mol. The van der Waals surface area contributed by atoms with Crippen molar-refractivity contribution in [2.24, 2.45) is 0 Å². The molecule has 1 aromatic heterocycles. The van der Waals surface area contributed by atoms with E-state index in [1.807, 2.05) is 37.3 Å². The Balaban J connectivity index is 1.67. The third-order valence-electron chi connectivity index (χ3n) is 4.15. The number of hydrogen-bond donors (Lipinski definition) is 2. The lowest BCUT2D eigenvalue weighted by Crippen LogP contribution is -2.41. The minimum atomic E-state index is -0.534. The van der Waals surface area contributed by atoms with Crippen LogP contribution in [0.5, 0.6) is 0 Å². The molecule has 2 heterocycles. The molecule has 0 fully saturated rings. The molecule has 0 bridgehead atoms. The van der Waals surface area contributed by atoms with Crippen LogP contribution in [0.15, 0.2) is 59.8 Å². The second-order valence-electron chi connectivity index (χ2n) is 5.89. The van der Waals surface area contributed by atoms with E-state index in [1.165, 1.54) is 17.8 Å². The monoisotopic (exact) mass is 369 g/mol. The van der Waals surface area contributed by atoms with Crippen molar-refractivity contribution in [1.82, 2.24) is 14.9 Å². The molecule has 4 rings (SSSR count). The number of nitrogens with zero attached hydrogens (tertiary/aromatic N) is 3. The fourth-order valence-electron chi connectivity index (χ4n) is 2.84. The van der Waals surface area contributed by atoms with Crippen LogP contribution >= 0.6 is 11.8 Å². The van der Waals surface area contributed by atoms with Crippen LogP contribution < -0.4 is 10.7 Å². The molecule has 0 saturated carbocycles. The van der Waals surface area contributed by atoms with Gasteiger partial charge in [-0.05, 0) is 24.6 Å². The van der Waals surface area contributed by atoms with Crippen LogP contribution in [0.3, 0.4) is 0 Å². The van der Waals surface area contributed by atoms with Crippen molar-refractivity contribution in [2.75, 3.05) is 10.7 Å². The molecular formula is C18H16FN5OS. The summed E-state index contributed by atoms with van der Waals surface area (Å²) in [5, 5.41) is 10.9. The molecule has 8 heteroatoms. The number of amides is 1. The molecule has 132 valence electrons. The highest BCUT2D eigenvalue weighted by molar-refractivity contribution is 8.00. The minimum absolute atomic E-state index is 0.160. The molecule has 0 radical (unpaired) electrons. The topological polar surface area (TPSA) is 71.8 Å². The maximum Gasteiger partial charge on any atom is 0.240 e. The molecule has 6 nitrogen and oxygen atoms in total. The Morgan fingerprint density at radius 2 is 1.88 bits per heavy atom. The van der Waals surface area contributed by atoms with Gasteiger partial charge >= 0.3 is 0 Å². The predicted octanol–water partition coefficient (Wildman–Crippen LogP) is 3.12. The molecule has 0 spiro atoms. The molecule has 0 saturated heterocycles. The van der Waals surface area contributed by atoms with Gasteiger partial charge in [-0.2, -0.15) is 0 Å². The number of thioether (sulfide) groups is 1. The normalized spacial score (nSPS) is 18.7. The zero-order valence-electron chi connectivity index (χ0n) is 13.9. The highest BCUT2D eigenvalue weighted by atomic mass is 32.2. The van der Waals surface area contributed by atoms with Crippen LogP contribution in [0.1, 0.15) is 17.4 Å². The number of carbonyl (C=O) groups excluding carboxylic acids is 1. The molecule has 1 aliphatic rings. The van der Waals surface area contributed by atoms with Crippen LogP contribution in [-0.4, -0.2) is 26.0 Å². The molecule has 3 aromatic rings. The summed E-state index contributed by atoms with van der Waals surface area (Å²) in [7, 11) is 0. The van der Waals surface area contributed by atoms with Crippen molar-refractivity contribution in [3.8, 4) is 0 Å². The van der Waals surface area contributed by atoms with Crippen LogP contribution in [0.2, 0.25) is 0 Å². The number of aryl methyl sites for hydroxylation is 1. The second-order valence-corrected chi connectivity index (χ2v) is 7.00. The van der Waals surface area contributed by atoms with Gasteiger partial charge in [-0.15, -0.1) is 10.2 Å². The van der Waals surface area contributed by atoms with Gasteiger partial charge in [0.1, 0.15) is 16.9 Å². The van der Waals surface area contributed by atoms with Crippen molar-refractivity contribution in [1.29, 1.82) is 0 Å². The Labute approximate surface area is 153 Å². The molecule has 1 amide bonds. The van der Waals surface area contributed by atoms with Gasteiger partial charge in [0, 0.05) is 0 Å². The van der Waals surface area contributed by atoms with Gasteiger partial charge in [-0.3, -0.25) is 4.79 Å². The van der Waals surface area contributed by atoms with Gasteiger partial charge in [0.25, 0.3) is 0 Å². The third kappa shape index (κ3) is 3.03. The summed E-state index contributed by atoms with van der Waals surface area (Å²) in [6.07, 6.45) is 0. The van der Waals surface area contributed by atoms with Crippen LogP contribution in [0.25, 0.3) is 0 Å². The average molecular weight is 369 g/mol. The van der Waals surface area contributed by atoms with Crippen LogP contribution in [0.4, 0.5) is 10.1 Å². The van der Waals surface area contributed by atoms with Crippen molar-refractivity contribution in [2.45, 2.75) is 23.4 Å². The first-order valence-corrected chi connectivity index (χ1v) is 8.97. The fourth-order valence-corrected chi connectivity index (χ4v) is 3.96. The number of aromatic nitrogens is 3. The lowest BCUT2D eigenvalue weighted by atomic mass is 10.0. The lowest BCUT2D eigenvalue weighted by molar-refractivity contribution is -0.116. The number of benzene rings is 2. The minimum Gasteiger partial charge on any atom is -0.323 e. The maximum absolute atomic E-state index is 13.9. The maximum atomic E-state index is 13.9. The Hall–Kier alpha value is -2.87. The smallest absolute Gasteiger partial charge is 0.240 e. The van der Waals surface area contributed by atoms with Crippen molar-refractivity contribution in [3.63, 3.8) is 0 Å². The highest BCUT2D eigenvalue weighted by Crippen LogP contribution is 2.37. The van der Waals surface area contributed by atoms with E-state index in [4.69, 9.17) is 0 Å². The quantitative estimate of drug-likeness (QED) is 0.742. The number of halogens is 1. The highest BCUT2D eigenvalue weighted by Gasteiger charge is 2.37. The van der Waals surface area contributed by atoms with E-state index in [0.29, 0.717) is 11.0 Å². The Morgan fingerprint density at radius 3 is 2.65 bits per heavy atom. The third-order valence-corrected chi connectivity index (χ3v) is 5.36. The molecule has 0 unspecified atom stereocenters. The van der Waals surface area contributed by atoms with Gasteiger partial charge < -0.3 is 10.7 Å². The number of nitrogens with one attached hydrogen (secondary N) is 2. The number of carbonyl (C=O) groups is 1. The van der Waals surface area contributed by atoms with E-state index in [1.54, 1.807) is 22.9 Å². The van der Waals surface area contributed by atoms with Crippen LogP contribution in [0, 0.1) is 12.7 Å².